The van der Waals surface area contributed by atoms with Gasteiger partial charge in [0.25, 0.3) is 15.9 Å². The minimum atomic E-state index is -3.94. The van der Waals surface area contributed by atoms with Crippen LogP contribution in [0, 0.1) is 5.82 Å². The highest BCUT2D eigenvalue weighted by Gasteiger charge is 2.24. The Balaban J connectivity index is 1.46. The van der Waals surface area contributed by atoms with Crippen LogP contribution in [0.3, 0.4) is 0 Å². The molecule has 0 saturated heterocycles. The van der Waals surface area contributed by atoms with Crippen LogP contribution < -0.4 is 14.4 Å². The first-order valence-electron chi connectivity index (χ1n) is 11.5. The van der Waals surface area contributed by atoms with Crippen LogP contribution in [0.4, 0.5) is 15.2 Å². The predicted molar refractivity (Wildman–Crippen MR) is 150 cm³/mol. The fourth-order valence-electron chi connectivity index (χ4n) is 3.79. The van der Waals surface area contributed by atoms with Crippen LogP contribution >= 0.6 is 22.9 Å². The summed E-state index contributed by atoms with van der Waals surface area (Å²) in [5, 5.41) is 0.896. The zero-order chi connectivity index (χ0) is 27.6. The molecule has 39 heavy (non-hydrogen) atoms. The fraction of sp³-hybridized carbons (Fsp3) is 0.0741. The monoisotopic (exact) mass is 582 g/mol. The summed E-state index contributed by atoms with van der Waals surface area (Å²) in [6, 6.07) is 17.5. The smallest absolute Gasteiger partial charge is 0.261 e. The number of pyridine rings is 1. The third-order valence-corrected chi connectivity index (χ3v) is 8.65. The molecular formula is C27H20ClFN4O4S2. The van der Waals surface area contributed by atoms with Crippen molar-refractivity contribution in [2.45, 2.75) is 11.4 Å². The Bertz CT molecular complexity index is 1750. The number of benzene rings is 3. The van der Waals surface area contributed by atoms with Crippen molar-refractivity contribution in [2.24, 2.45) is 0 Å². The van der Waals surface area contributed by atoms with Crippen molar-refractivity contribution in [3.05, 3.63) is 107 Å². The number of methoxy groups -OCH3 is 1. The van der Waals surface area contributed by atoms with Crippen molar-refractivity contribution in [2.75, 3.05) is 16.7 Å². The average molecular weight is 583 g/mol. The van der Waals surface area contributed by atoms with E-state index in [1.807, 2.05) is 6.07 Å². The maximum absolute atomic E-state index is 13.7. The highest BCUT2D eigenvalue weighted by atomic mass is 35.5. The van der Waals surface area contributed by atoms with E-state index in [9.17, 15) is 17.6 Å². The van der Waals surface area contributed by atoms with Gasteiger partial charge in [0.1, 0.15) is 17.1 Å². The molecule has 0 aliphatic rings. The molecule has 0 aliphatic heterocycles. The molecule has 198 valence electrons. The molecule has 3 aromatic carbocycles. The van der Waals surface area contributed by atoms with Crippen molar-refractivity contribution >= 4 is 59.9 Å². The normalized spacial score (nSPS) is 11.4. The summed E-state index contributed by atoms with van der Waals surface area (Å²) in [5.41, 5.74) is 1.87. The molecule has 12 heteroatoms. The Labute approximate surface area is 232 Å². The molecular weight excluding hydrogens is 563 g/mol. The van der Waals surface area contributed by atoms with Gasteiger partial charge in [-0.1, -0.05) is 29.0 Å². The topological polar surface area (TPSA) is 101 Å². The fourth-order valence-corrected chi connectivity index (χ4v) is 6.10. The zero-order valence-corrected chi connectivity index (χ0v) is 22.7. The minimum Gasteiger partial charge on any atom is -0.494 e. The number of carbonyl (C=O) groups is 1. The Morgan fingerprint density at radius 3 is 2.49 bits per heavy atom. The SMILES string of the molecule is COc1ccc(Cl)c2sc(N(Cc3cccnc3)C(=O)c3ccc(NS(=O)(=O)c4ccc(F)cc4)cc3)nc12. The second-order valence-corrected chi connectivity index (χ2v) is 11.4. The molecule has 8 nitrogen and oxygen atoms in total. The standard InChI is InChI=1S/C27H20ClFN4O4S2/c1-37-23-13-12-22(28)25-24(23)31-27(38-25)33(16-17-3-2-14-30-15-17)26(34)18-4-8-20(9-5-18)32-39(35,36)21-10-6-19(29)7-11-21/h2-15,32H,16H2,1H3. The first-order chi connectivity index (χ1) is 18.7. The zero-order valence-electron chi connectivity index (χ0n) is 20.3. The summed E-state index contributed by atoms with van der Waals surface area (Å²) in [4.78, 5) is 24.0. The number of anilines is 2. The molecule has 2 heterocycles. The average Bonchev–Trinajstić information content (AvgIpc) is 3.39. The number of hydrogen-bond donors (Lipinski definition) is 1. The lowest BCUT2D eigenvalue weighted by molar-refractivity contribution is 0.0985. The van der Waals surface area contributed by atoms with Crippen LogP contribution in [0.2, 0.25) is 5.02 Å². The lowest BCUT2D eigenvalue weighted by Gasteiger charge is -2.20. The lowest BCUT2D eigenvalue weighted by Crippen LogP contribution is -2.30. The third kappa shape index (κ3) is 5.70. The Hall–Kier alpha value is -4.06. The van der Waals surface area contributed by atoms with E-state index in [1.165, 1.54) is 59.7 Å². The number of rotatable bonds is 8. The molecule has 2 aromatic heterocycles. The highest BCUT2D eigenvalue weighted by molar-refractivity contribution is 7.92. The lowest BCUT2D eigenvalue weighted by atomic mass is 10.1. The maximum atomic E-state index is 13.7. The van der Waals surface area contributed by atoms with Crippen LogP contribution in [-0.4, -0.2) is 31.4 Å². The largest absolute Gasteiger partial charge is 0.494 e. The number of carbonyl (C=O) groups excluding carboxylic acids is 1. The summed E-state index contributed by atoms with van der Waals surface area (Å²) in [6.45, 7) is 0.186. The van der Waals surface area contributed by atoms with Gasteiger partial charge >= 0.3 is 0 Å². The number of amides is 1. The molecule has 1 N–H and O–H groups in total. The summed E-state index contributed by atoms with van der Waals surface area (Å²) < 4.78 is 47.0. The van der Waals surface area contributed by atoms with Gasteiger partial charge in [0.15, 0.2) is 5.13 Å². The first-order valence-corrected chi connectivity index (χ1v) is 14.1. The van der Waals surface area contributed by atoms with Gasteiger partial charge in [0.05, 0.1) is 28.3 Å². The van der Waals surface area contributed by atoms with E-state index in [4.69, 9.17) is 16.3 Å². The summed E-state index contributed by atoms with van der Waals surface area (Å²) in [7, 11) is -2.41. The van der Waals surface area contributed by atoms with Gasteiger partial charge in [-0.2, -0.15) is 0 Å². The molecule has 0 bridgehead atoms. The van der Waals surface area contributed by atoms with E-state index in [0.29, 0.717) is 31.7 Å². The Morgan fingerprint density at radius 2 is 1.82 bits per heavy atom. The van der Waals surface area contributed by atoms with Crippen molar-refractivity contribution in [1.29, 1.82) is 0 Å². The Morgan fingerprint density at radius 1 is 1.08 bits per heavy atom. The van der Waals surface area contributed by atoms with Crippen LogP contribution in [0.25, 0.3) is 10.2 Å². The van der Waals surface area contributed by atoms with E-state index in [1.54, 1.807) is 30.6 Å². The molecule has 0 saturated carbocycles. The molecule has 1 amide bonds. The molecule has 0 radical (unpaired) electrons. The van der Waals surface area contributed by atoms with Crippen molar-refractivity contribution in [1.82, 2.24) is 9.97 Å². The number of ether oxygens (including phenoxy) is 1. The summed E-state index contributed by atoms with van der Waals surface area (Å²) >= 11 is 7.67. The van der Waals surface area contributed by atoms with Gasteiger partial charge in [0, 0.05) is 23.6 Å². The molecule has 0 unspecified atom stereocenters. The van der Waals surface area contributed by atoms with Crippen molar-refractivity contribution in [3.8, 4) is 5.75 Å². The number of hydrogen-bond acceptors (Lipinski definition) is 7. The summed E-state index contributed by atoms with van der Waals surface area (Å²) in [6.07, 6.45) is 3.30. The quantitative estimate of drug-likeness (QED) is 0.236. The van der Waals surface area contributed by atoms with Crippen LogP contribution in [0.5, 0.6) is 5.75 Å². The molecule has 0 fully saturated rings. The van der Waals surface area contributed by atoms with E-state index in [0.717, 1.165) is 17.7 Å². The third-order valence-electron chi connectivity index (χ3n) is 5.71. The Kier molecular flexibility index (Phi) is 7.47. The second kappa shape index (κ2) is 11.0. The number of halogens is 2. The van der Waals surface area contributed by atoms with Crippen LogP contribution in [0.1, 0.15) is 15.9 Å². The minimum absolute atomic E-state index is 0.0865. The molecule has 0 aliphatic carbocycles. The van der Waals surface area contributed by atoms with Gasteiger partial charge in [0.2, 0.25) is 0 Å². The molecule has 5 aromatic rings. The van der Waals surface area contributed by atoms with Crippen LogP contribution in [0.15, 0.2) is 90.1 Å². The van der Waals surface area contributed by atoms with E-state index in [-0.39, 0.29) is 23.0 Å². The highest BCUT2D eigenvalue weighted by Crippen LogP contribution is 2.39. The first kappa shape index (κ1) is 26.5. The van der Waals surface area contributed by atoms with Gasteiger partial charge < -0.3 is 4.74 Å². The van der Waals surface area contributed by atoms with Gasteiger partial charge in [-0.3, -0.25) is 19.4 Å². The van der Waals surface area contributed by atoms with E-state index < -0.39 is 15.8 Å². The van der Waals surface area contributed by atoms with Gasteiger partial charge in [-0.15, -0.1) is 0 Å². The van der Waals surface area contributed by atoms with Crippen LogP contribution in [-0.2, 0) is 16.6 Å². The molecule has 0 spiro atoms. The number of fused-ring (bicyclic) bond motifs is 1. The van der Waals surface area contributed by atoms with Crippen molar-refractivity contribution < 1.29 is 22.3 Å². The number of aromatic nitrogens is 2. The van der Waals surface area contributed by atoms with E-state index in [2.05, 4.69) is 14.7 Å². The maximum Gasteiger partial charge on any atom is 0.261 e. The number of sulfonamides is 1. The second-order valence-electron chi connectivity index (χ2n) is 8.31. The van der Waals surface area contributed by atoms with Gasteiger partial charge in [-0.25, -0.2) is 17.8 Å². The predicted octanol–water partition coefficient (Wildman–Crippen LogP) is 6.14. The number of thiazole rings is 1. The van der Waals surface area contributed by atoms with Gasteiger partial charge in [-0.05, 0) is 72.3 Å². The number of nitrogens with one attached hydrogen (secondary N) is 1. The summed E-state index contributed by atoms with van der Waals surface area (Å²) in [5.74, 6) is -0.370. The van der Waals surface area contributed by atoms with E-state index >= 15 is 0 Å². The number of nitrogens with zero attached hydrogens (tertiary/aromatic N) is 3. The van der Waals surface area contributed by atoms with Crippen molar-refractivity contribution in [3.63, 3.8) is 0 Å². The molecule has 0 atom stereocenters. The molecule has 5 rings (SSSR count).